The quantitative estimate of drug-likeness (QED) is 0.147. The van der Waals surface area contributed by atoms with E-state index in [9.17, 15) is 27.2 Å². The Bertz CT molecular complexity index is 1430. The van der Waals surface area contributed by atoms with Crippen molar-refractivity contribution in [3.63, 3.8) is 0 Å². The molecule has 0 bridgehead atoms. The number of allylic oxidation sites excluding steroid dienone is 1. The minimum absolute atomic E-state index is 0.0489. The third-order valence-corrected chi connectivity index (χ3v) is 8.87. The second-order valence-corrected chi connectivity index (χ2v) is 12.1. The Morgan fingerprint density at radius 3 is 2.37 bits per heavy atom. The smallest absolute Gasteiger partial charge is 0.395 e. The van der Waals surface area contributed by atoms with Gasteiger partial charge in [-0.2, -0.15) is 0 Å². The van der Waals surface area contributed by atoms with Gasteiger partial charge < -0.3 is 20.1 Å². The molecule has 16 heteroatoms. The Morgan fingerprint density at radius 2 is 1.74 bits per heavy atom. The van der Waals surface area contributed by atoms with Crippen LogP contribution in [0.5, 0.6) is 11.5 Å². The summed E-state index contributed by atoms with van der Waals surface area (Å²) >= 11 is 1.03. The van der Waals surface area contributed by atoms with E-state index in [-0.39, 0.29) is 73.3 Å². The molecule has 2 atom stereocenters. The summed E-state index contributed by atoms with van der Waals surface area (Å²) in [6.45, 7) is 5.50. The molecule has 254 valence electrons. The fraction of sp³-hybridized carbons (Fsp3) is 0.567. The van der Waals surface area contributed by atoms with Crippen LogP contribution in [0.1, 0.15) is 40.0 Å². The van der Waals surface area contributed by atoms with E-state index in [2.05, 4.69) is 25.1 Å². The van der Waals surface area contributed by atoms with Crippen molar-refractivity contribution in [1.82, 2.24) is 20.1 Å². The van der Waals surface area contributed by atoms with E-state index < -0.39 is 42.4 Å². The number of likely N-dealkylation sites (tertiary alicyclic amines) is 2. The minimum Gasteiger partial charge on any atom is -0.395 e. The minimum atomic E-state index is -3.78. The van der Waals surface area contributed by atoms with E-state index >= 15 is 8.78 Å². The highest BCUT2D eigenvalue weighted by Crippen LogP contribution is 2.45. The summed E-state index contributed by atoms with van der Waals surface area (Å²) in [5.41, 5.74) is 0.624. The molecule has 2 N–H and O–H groups in total. The van der Waals surface area contributed by atoms with Gasteiger partial charge in [0.15, 0.2) is 16.6 Å². The zero-order valence-corrected chi connectivity index (χ0v) is 26.7. The number of aldehydes is 1. The van der Waals surface area contributed by atoms with Gasteiger partial charge in [-0.25, -0.2) is 22.5 Å². The van der Waals surface area contributed by atoms with Crippen molar-refractivity contribution in [1.29, 1.82) is 0 Å². The van der Waals surface area contributed by atoms with E-state index in [0.717, 1.165) is 11.3 Å². The second kappa shape index (κ2) is 14.2. The molecule has 3 aliphatic rings. The van der Waals surface area contributed by atoms with Gasteiger partial charge in [-0.05, 0) is 24.8 Å². The number of alkyl halides is 6. The van der Waals surface area contributed by atoms with E-state index in [1.807, 2.05) is 13.8 Å². The van der Waals surface area contributed by atoms with E-state index in [1.165, 1.54) is 31.5 Å². The molecule has 1 aromatic carbocycles. The number of amides is 1. The molecule has 2 unspecified atom stereocenters. The number of hydrogen-bond donors (Lipinski definition) is 2. The number of carbonyl (C=O) groups excluding carboxylic acids is 2. The molecule has 9 nitrogen and oxygen atoms in total. The first-order valence-electron chi connectivity index (χ1n) is 14.9. The molecule has 0 aliphatic carbocycles. The first-order chi connectivity index (χ1) is 21.7. The van der Waals surface area contributed by atoms with Crippen LogP contribution in [0.4, 0.5) is 31.5 Å². The van der Waals surface area contributed by atoms with Crippen molar-refractivity contribution in [3.8, 4) is 11.5 Å². The van der Waals surface area contributed by atoms with Crippen LogP contribution in [0.15, 0.2) is 35.6 Å². The maximum absolute atomic E-state index is 15.3. The molecule has 3 aliphatic heterocycles. The second-order valence-electron chi connectivity index (χ2n) is 11.1. The van der Waals surface area contributed by atoms with Crippen molar-refractivity contribution >= 4 is 38.9 Å². The van der Waals surface area contributed by atoms with Crippen LogP contribution in [0.25, 0.3) is 10.2 Å². The molecular formula is C30H37F6N5O4S. The average molecular weight is 678 g/mol. The highest BCUT2D eigenvalue weighted by Gasteiger charge is 2.47. The normalized spacial score (nSPS) is 23.3. The van der Waals surface area contributed by atoms with Crippen molar-refractivity contribution in [2.45, 2.75) is 64.2 Å². The van der Waals surface area contributed by atoms with Crippen molar-refractivity contribution in [3.05, 3.63) is 35.6 Å². The number of anilines is 1. The van der Waals surface area contributed by atoms with Gasteiger partial charge >= 0.3 is 6.29 Å². The molecule has 5 rings (SSSR count). The molecule has 1 aromatic heterocycles. The molecule has 46 heavy (non-hydrogen) atoms. The predicted molar refractivity (Wildman–Crippen MR) is 162 cm³/mol. The lowest BCUT2D eigenvalue weighted by molar-refractivity contribution is -0.286. The number of fused-ring (bicyclic) bond motifs is 2. The van der Waals surface area contributed by atoms with Crippen LogP contribution in [0.3, 0.4) is 0 Å². The van der Waals surface area contributed by atoms with Gasteiger partial charge in [0.1, 0.15) is 6.29 Å². The summed E-state index contributed by atoms with van der Waals surface area (Å²) in [5.74, 6) is -8.14. The van der Waals surface area contributed by atoms with Crippen molar-refractivity contribution < 1.29 is 45.4 Å². The topological polar surface area (TPSA) is 96.0 Å². The SMILES string of the molecule is CC.CN/C=C(\C=C(/C=O)CN1CCC(F)(F)CC1)C1CN(C(C)C(=O)Nc2nc3cc4c(cc3s2)OC(F)(F)O4)CCC1(F)F. The molecule has 2 aromatic rings. The van der Waals surface area contributed by atoms with E-state index in [4.69, 9.17) is 0 Å². The Labute approximate surface area is 266 Å². The highest BCUT2D eigenvalue weighted by atomic mass is 32.1. The van der Waals surface area contributed by atoms with Gasteiger partial charge in [0.25, 0.3) is 11.8 Å². The van der Waals surface area contributed by atoms with Gasteiger partial charge in [-0.3, -0.25) is 19.4 Å². The lowest BCUT2D eigenvalue weighted by atomic mass is 9.85. The summed E-state index contributed by atoms with van der Waals surface area (Å²) in [5, 5.41) is 5.59. The van der Waals surface area contributed by atoms with E-state index in [1.54, 1.807) is 16.7 Å². The summed E-state index contributed by atoms with van der Waals surface area (Å²) in [4.78, 5) is 32.6. The zero-order valence-electron chi connectivity index (χ0n) is 25.8. The first-order valence-corrected chi connectivity index (χ1v) is 15.8. The zero-order chi connectivity index (χ0) is 33.9. The van der Waals surface area contributed by atoms with Crippen LogP contribution >= 0.6 is 11.3 Å². The number of carbonyl (C=O) groups is 2. The lowest BCUT2D eigenvalue weighted by Gasteiger charge is -2.41. The Hall–Kier alpha value is -3.37. The van der Waals surface area contributed by atoms with Gasteiger partial charge in [0.05, 0.1) is 22.2 Å². The highest BCUT2D eigenvalue weighted by molar-refractivity contribution is 7.22. The summed E-state index contributed by atoms with van der Waals surface area (Å²) < 4.78 is 93.8. The number of nitrogens with zero attached hydrogens (tertiary/aromatic N) is 3. The van der Waals surface area contributed by atoms with Crippen molar-refractivity contribution in [2.75, 3.05) is 45.1 Å². The van der Waals surface area contributed by atoms with Gasteiger partial charge in [0.2, 0.25) is 5.91 Å². The lowest BCUT2D eigenvalue weighted by Crippen LogP contribution is -2.53. The fourth-order valence-electron chi connectivity index (χ4n) is 5.47. The largest absolute Gasteiger partial charge is 0.586 e. The monoisotopic (exact) mass is 677 g/mol. The van der Waals surface area contributed by atoms with Crippen LogP contribution in [0, 0.1) is 5.92 Å². The molecule has 2 fully saturated rings. The Balaban J connectivity index is 0.00000235. The Kier molecular flexibility index (Phi) is 10.9. The van der Waals surface area contributed by atoms with Crippen LogP contribution < -0.4 is 20.1 Å². The average Bonchev–Trinajstić information content (AvgIpc) is 3.52. The van der Waals surface area contributed by atoms with Crippen molar-refractivity contribution in [2.24, 2.45) is 5.92 Å². The summed E-state index contributed by atoms with van der Waals surface area (Å²) in [6.07, 6.45) is -1.71. The Morgan fingerprint density at radius 1 is 1.09 bits per heavy atom. The number of thiazole rings is 1. The molecule has 4 heterocycles. The molecule has 2 saturated heterocycles. The number of nitrogens with one attached hydrogen (secondary N) is 2. The van der Waals surface area contributed by atoms with Crippen LogP contribution in [0.2, 0.25) is 0 Å². The number of halogens is 6. The first kappa shape index (κ1) is 35.5. The number of aromatic nitrogens is 1. The molecule has 0 radical (unpaired) electrons. The molecule has 0 spiro atoms. The summed E-state index contributed by atoms with van der Waals surface area (Å²) in [6, 6.07) is 1.75. The summed E-state index contributed by atoms with van der Waals surface area (Å²) in [7, 11) is 1.53. The third kappa shape index (κ3) is 8.31. The molecular weight excluding hydrogens is 640 g/mol. The van der Waals surface area contributed by atoms with Gasteiger partial charge in [-0.15, -0.1) is 8.78 Å². The molecule has 0 saturated carbocycles. The number of piperidine rings is 2. The number of benzene rings is 1. The van der Waals surface area contributed by atoms with Gasteiger partial charge in [0, 0.05) is 76.7 Å². The maximum atomic E-state index is 15.3. The number of ether oxygens (including phenoxy) is 2. The standard InChI is InChI=1S/C28H31F6N5O4S.C2H6/c1-16(24(41)37-25-36-20-10-21-22(11-23(20)44-25)43-28(33,34)42-21)39-8-5-27(31,32)19(14-39)18(12-35-2)9-17(15-40)13-38-6-3-26(29,30)4-7-38;1-2/h9-12,15-16,19,35H,3-8,13-14H2,1-2H3,(H,36,37,41);1-2H3/b17-9-,18-12+;. The van der Waals surface area contributed by atoms with E-state index in [0.29, 0.717) is 16.5 Å². The third-order valence-electron chi connectivity index (χ3n) is 7.94. The van der Waals surface area contributed by atoms with Crippen LogP contribution in [-0.2, 0) is 9.59 Å². The maximum Gasteiger partial charge on any atom is 0.586 e. The number of hydrogen-bond acceptors (Lipinski definition) is 9. The van der Waals surface area contributed by atoms with Crippen LogP contribution in [-0.4, -0.2) is 90.9 Å². The predicted octanol–water partition coefficient (Wildman–Crippen LogP) is 5.89. The molecule has 1 amide bonds. The number of rotatable bonds is 9. The van der Waals surface area contributed by atoms with Gasteiger partial charge in [-0.1, -0.05) is 25.2 Å². The fourth-order valence-corrected chi connectivity index (χ4v) is 6.34.